The number of fused-ring (bicyclic) bond motifs is 4. The molecule has 4 aromatic rings. The lowest BCUT2D eigenvalue weighted by atomic mass is 9.58. The number of carbonyl (C=O) groups excluding carboxylic acids is 3. The van der Waals surface area contributed by atoms with Crippen molar-refractivity contribution in [2.75, 3.05) is 33.1 Å². The molecular weight excluding hydrogens is 704 g/mol. The number of Topliss-reactive ketones (excluding diaryl/α,β-unsaturated/α-hetero) is 2. The number of allylic oxidation sites excluding steroid dienone is 1. The highest BCUT2D eigenvalue weighted by atomic mass is 16.5. The van der Waals surface area contributed by atoms with Crippen LogP contribution in [-0.2, 0) is 24.4 Å². The van der Waals surface area contributed by atoms with Crippen molar-refractivity contribution in [2.24, 2.45) is 11.8 Å². The number of aliphatic hydroxyl groups is 2. The second kappa shape index (κ2) is 14.6. The summed E-state index contributed by atoms with van der Waals surface area (Å²) in [5, 5.41) is 35.2. The molecule has 286 valence electrons. The van der Waals surface area contributed by atoms with Crippen molar-refractivity contribution in [2.45, 2.75) is 63.0 Å². The van der Waals surface area contributed by atoms with Crippen LogP contribution in [-0.4, -0.2) is 77.1 Å². The number of rotatable bonds is 10. The molecule has 1 aromatic heterocycles. The number of nitrogens with one attached hydrogen (secondary N) is 2. The number of methoxy groups -OCH3 is 1. The van der Waals surface area contributed by atoms with Crippen LogP contribution >= 0.6 is 0 Å². The minimum atomic E-state index is -2.51. The van der Waals surface area contributed by atoms with Crippen LogP contribution in [0, 0.1) is 11.8 Å². The van der Waals surface area contributed by atoms with E-state index in [1.807, 2.05) is 60.7 Å². The van der Waals surface area contributed by atoms with Gasteiger partial charge in [-0.25, -0.2) is 0 Å². The summed E-state index contributed by atoms with van der Waals surface area (Å²) in [5.41, 5.74) is -0.168. The van der Waals surface area contributed by atoms with Gasteiger partial charge in [0.25, 0.3) is 5.88 Å². The summed E-state index contributed by atoms with van der Waals surface area (Å²) in [7, 11) is 5.06. The zero-order valence-corrected chi connectivity index (χ0v) is 31.0. The maximum Gasteiger partial charge on any atom is 0.265 e. The van der Waals surface area contributed by atoms with E-state index < -0.39 is 46.8 Å². The summed E-state index contributed by atoms with van der Waals surface area (Å²) in [6.45, 7) is 0.864. The number of anilines is 1. The number of aliphatic hydroxyl groups excluding tert-OH is 1. The molecule has 5 atom stereocenters. The van der Waals surface area contributed by atoms with Gasteiger partial charge < -0.3 is 39.6 Å². The molecule has 0 bridgehead atoms. The fraction of sp³-hybridized carbons (Fsp3) is 0.381. The molecule has 1 aliphatic heterocycles. The topological polar surface area (TPSA) is 173 Å². The zero-order valence-electron chi connectivity index (χ0n) is 31.0. The van der Waals surface area contributed by atoms with E-state index in [1.54, 1.807) is 25.1 Å². The zero-order chi connectivity index (χ0) is 38.4. The average Bonchev–Trinajstić information content (AvgIpc) is 3.62. The molecule has 8 rings (SSSR count). The predicted octanol–water partition coefficient (Wildman–Crippen LogP) is 5.34. The van der Waals surface area contributed by atoms with Crippen LogP contribution in [0.3, 0.4) is 0 Å². The van der Waals surface area contributed by atoms with E-state index in [4.69, 9.17) is 18.7 Å². The van der Waals surface area contributed by atoms with Gasteiger partial charge in [-0.05, 0) is 68.5 Å². The van der Waals surface area contributed by atoms with Crippen LogP contribution in [0.5, 0.6) is 17.4 Å². The number of piperidine rings is 1. The smallest absolute Gasteiger partial charge is 0.265 e. The summed E-state index contributed by atoms with van der Waals surface area (Å²) >= 11 is 0. The number of nitrogens with zero attached hydrogens (tertiary/aromatic N) is 2. The normalized spacial score (nSPS) is 24.4. The van der Waals surface area contributed by atoms with Gasteiger partial charge in [-0.2, -0.15) is 0 Å². The first kappa shape index (κ1) is 36.5. The second-order valence-corrected chi connectivity index (χ2v) is 14.9. The van der Waals surface area contributed by atoms with Crippen molar-refractivity contribution in [3.05, 3.63) is 112 Å². The van der Waals surface area contributed by atoms with Gasteiger partial charge in [-0.15, -0.1) is 0 Å². The molecular formula is C42H44N4O9. The van der Waals surface area contributed by atoms with Crippen molar-refractivity contribution in [3.63, 3.8) is 0 Å². The molecule has 1 saturated heterocycles. The van der Waals surface area contributed by atoms with Crippen LogP contribution in [0.2, 0.25) is 0 Å². The highest BCUT2D eigenvalue weighted by Crippen LogP contribution is 2.57. The number of amides is 1. The SMILES string of the molecule is COc1cc(NC(=O)C2CCCCN2)c(OCc2ccccc2)c2c1C[C@H]1C[C@H]3[C@H](N(C)C)c4onc(OCc5ccccc5)c4C(=O)[C@@]3(O)C(O)=C1C2=O. The van der Waals surface area contributed by atoms with Crippen LogP contribution < -0.4 is 24.8 Å². The van der Waals surface area contributed by atoms with E-state index in [9.17, 15) is 24.6 Å². The van der Waals surface area contributed by atoms with Gasteiger partial charge in [-0.1, -0.05) is 67.1 Å². The number of ketones is 2. The Morgan fingerprint density at radius 2 is 1.71 bits per heavy atom. The van der Waals surface area contributed by atoms with Gasteiger partial charge in [0.15, 0.2) is 22.9 Å². The van der Waals surface area contributed by atoms with E-state index in [0.717, 1.165) is 24.0 Å². The van der Waals surface area contributed by atoms with E-state index in [-0.39, 0.29) is 71.7 Å². The maximum atomic E-state index is 15.0. The number of hydrogen-bond acceptors (Lipinski definition) is 12. The Labute approximate surface area is 318 Å². The van der Waals surface area contributed by atoms with Gasteiger partial charge in [0.1, 0.15) is 30.3 Å². The first-order chi connectivity index (χ1) is 26.6. The van der Waals surface area contributed by atoms with E-state index >= 15 is 0 Å². The lowest BCUT2D eigenvalue weighted by Crippen LogP contribution is -2.59. The molecule has 3 aromatic carbocycles. The van der Waals surface area contributed by atoms with Crippen molar-refractivity contribution >= 4 is 23.2 Å². The van der Waals surface area contributed by atoms with Gasteiger partial charge >= 0.3 is 0 Å². The van der Waals surface area contributed by atoms with E-state index in [0.29, 0.717) is 24.3 Å². The van der Waals surface area contributed by atoms with Gasteiger partial charge in [0, 0.05) is 23.1 Å². The minimum Gasteiger partial charge on any atom is -0.508 e. The fourth-order valence-corrected chi connectivity index (χ4v) is 8.72. The fourth-order valence-electron chi connectivity index (χ4n) is 8.72. The number of ether oxygens (including phenoxy) is 3. The summed E-state index contributed by atoms with van der Waals surface area (Å²) < 4.78 is 24.0. The average molecular weight is 749 g/mol. The summed E-state index contributed by atoms with van der Waals surface area (Å²) in [5.74, 6) is -3.44. The molecule has 4 N–H and O–H groups in total. The third-order valence-electron chi connectivity index (χ3n) is 11.4. The van der Waals surface area contributed by atoms with Crippen LogP contribution in [0.1, 0.15) is 74.9 Å². The lowest BCUT2D eigenvalue weighted by molar-refractivity contribution is -0.118. The van der Waals surface area contributed by atoms with E-state index in [2.05, 4.69) is 15.8 Å². The molecule has 4 aliphatic rings. The first-order valence-corrected chi connectivity index (χ1v) is 18.6. The summed E-state index contributed by atoms with van der Waals surface area (Å²) in [4.78, 5) is 44.9. The molecule has 3 aliphatic carbocycles. The van der Waals surface area contributed by atoms with Crippen molar-refractivity contribution in [1.29, 1.82) is 0 Å². The third kappa shape index (κ3) is 6.25. The monoisotopic (exact) mass is 748 g/mol. The quantitative estimate of drug-likeness (QED) is 0.164. The summed E-state index contributed by atoms with van der Waals surface area (Å²) in [6.07, 6.45) is 2.90. The maximum absolute atomic E-state index is 15.0. The van der Waals surface area contributed by atoms with Crippen molar-refractivity contribution < 1.29 is 43.3 Å². The highest BCUT2D eigenvalue weighted by molar-refractivity contribution is 6.17. The van der Waals surface area contributed by atoms with E-state index in [1.165, 1.54) is 7.11 Å². The standard InChI is InChI=1S/C42H44N4O9/c1-46(2)34-27-19-25-18-26-30(52-3)20-29(44-40(50)28-16-10-11-17-43-28)36(53-21-23-12-6-4-7-13-23)32(26)35(47)31(25)38(48)42(27,51)39(49)33-37(34)55-45-41(33)54-22-24-14-8-5-9-15-24/h4-9,12-15,20,25,27-28,34,43,48,51H,10-11,16-19,21-22H2,1-3H3,(H,44,50)/t25-,27-,28?,34-,42-/m0/s1. The predicted molar refractivity (Wildman–Crippen MR) is 200 cm³/mol. The molecule has 13 heteroatoms. The molecule has 13 nitrogen and oxygen atoms in total. The Balaban J connectivity index is 1.22. The third-order valence-corrected chi connectivity index (χ3v) is 11.4. The first-order valence-electron chi connectivity index (χ1n) is 18.6. The highest BCUT2D eigenvalue weighted by Gasteiger charge is 2.64. The Hall–Kier alpha value is -5.50. The summed E-state index contributed by atoms with van der Waals surface area (Å²) in [6, 6.07) is 19.3. The second-order valence-electron chi connectivity index (χ2n) is 14.9. The van der Waals surface area contributed by atoms with Crippen molar-refractivity contribution in [3.8, 4) is 17.4 Å². The number of benzene rings is 3. The Bertz CT molecular complexity index is 2160. The lowest BCUT2D eigenvalue weighted by Gasteiger charge is -2.49. The molecule has 0 spiro atoms. The molecule has 55 heavy (non-hydrogen) atoms. The van der Waals surface area contributed by atoms with Crippen LogP contribution in [0.4, 0.5) is 5.69 Å². The van der Waals surface area contributed by atoms with Crippen LogP contribution in [0.15, 0.2) is 82.6 Å². The van der Waals surface area contributed by atoms with Gasteiger partial charge in [0.05, 0.1) is 30.4 Å². The molecule has 0 saturated carbocycles. The Morgan fingerprint density at radius 1 is 1.02 bits per heavy atom. The molecule has 0 radical (unpaired) electrons. The number of carbonyl (C=O) groups is 3. The largest absolute Gasteiger partial charge is 0.508 e. The number of hydrogen-bond donors (Lipinski definition) is 4. The van der Waals surface area contributed by atoms with Gasteiger partial charge in [0.2, 0.25) is 11.7 Å². The Morgan fingerprint density at radius 3 is 2.35 bits per heavy atom. The molecule has 1 unspecified atom stereocenters. The number of aromatic nitrogens is 1. The van der Waals surface area contributed by atoms with Crippen LogP contribution in [0.25, 0.3) is 0 Å². The Kier molecular flexibility index (Phi) is 9.70. The molecule has 1 amide bonds. The minimum absolute atomic E-state index is 0.0724. The van der Waals surface area contributed by atoms with Crippen molar-refractivity contribution in [1.82, 2.24) is 15.4 Å². The molecule has 1 fully saturated rings. The molecule has 2 heterocycles. The van der Waals surface area contributed by atoms with Gasteiger partial charge in [-0.3, -0.25) is 19.3 Å².